The summed E-state index contributed by atoms with van der Waals surface area (Å²) in [7, 11) is 2.00. The molecule has 1 aromatic heterocycles. The first-order chi connectivity index (χ1) is 8.22. The monoisotopic (exact) mass is 223 g/mol. The van der Waals surface area contributed by atoms with Gasteiger partial charge >= 0.3 is 0 Å². The average Bonchev–Trinajstić information content (AvgIpc) is 2.39. The van der Waals surface area contributed by atoms with E-state index in [9.17, 15) is 0 Å². The fraction of sp³-hybridized carbons (Fsp3) is 0.143. The minimum absolute atomic E-state index is 0.675. The van der Waals surface area contributed by atoms with Gasteiger partial charge in [-0.3, -0.25) is 4.98 Å². The second-order valence-corrected chi connectivity index (χ2v) is 3.88. The summed E-state index contributed by atoms with van der Waals surface area (Å²) in [5.41, 5.74) is 3.97. The van der Waals surface area contributed by atoms with Crippen molar-refractivity contribution in [1.82, 2.24) is 4.98 Å². The predicted molar refractivity (Wildman–Crippen MR) is 68.2 cm³/mol. The van der Waals surface area contributed by atoms with Crippen molar-refractivity contribution in [3.05, 3.63) is 53.9 Å². The third kappa shape index (κ3) is 2.26. The first-order valence-electron chi connectivity index (χ1n) is 5.37. The lowest BCUT2D eigenvalue weighted by Gasteiger charge is -2.21. The molecular formula is C14H13N3. The summed E-state index contributed by atoms with van der Waals surface area (Å²) in [5, 5.41) is 8.76. The molecule has 0 aliphatic rings. The van der Waals surface area contributed by atoms with Gasteiger partial charge in [0.1, 0.15) is 0 Å². The van der Waals surface area contributed by atoms with E-state index < -0.39 is 0 Å². The summed E-state index contributed by atoms with van der Waals surface area (Å²) in [6, 6.07) is 11.6. The van der Waals surface area contributed by atoms with Crippen molar-refractivity contribution < 1.29 is 0 Å². The highest BCUT2D eigenvalue weighted by Gasteiger charge is 2.06. The molecule has 0 fully saturated rings. The van der Waals surface area contributed by atoms with E-state index in [0.29, 0.717) is 5.56 Å². The third-order valence-corrected chi connectivity index (χ3v) is 2.74. The Labute approximate surface area is 101 Å². The van der Waals surface area contributed by atoms with Crippen LogP contribution in [0.5, 0.6) is 0 Å². The fourth-order valence-corrected chi connectivity index (χ4v) is 1.74. The van der Waals surface area contributed by atoms with Gasteiger partial charge in [-0.15, -0.1) is 0 Å². The second-order valence-electron chi connectivity index (χ2n) is 3.88. The van der Waals surface area contributed by atoms with Gasteiger partial charge in [0.2, 0.25) is 0 Å². The minimum Gasteiger partial charge on any atom is -0.344 e. The third-order valence-electron chi connectivity index (χ3n) is 2.74. The van der Waals surface area contributed by atoms with Gasteiger partial charge in [0, 0.05) is 30.8 Å². The summed E-state index contributed by atoms with van der Waals surface area (Å²) in [4.78, 5) is 6.16. The largest absolute Gasteiger partial charge is 0.344 e. The molecule has 2 aromatic rings. The number of aromatic nitrogens is 1. The second kappa shape index (κ2) is 4.67. The summed E-state index contributed by atoms with van der Waals surface area (Å²) >= 11 is 0. The van der Waals surface area contributed by atoms with Gasteiger partial charge in [0.25, 0.3) is 0 Å². The van der Waals surface area contributed by atoms with Crippen molar-refractivity contribution >= 4 is 11.4 Å². The van der Waals surface area contributed by atoms with Crippen LogP contribution < -0.4 is 4.90 Å². The number of hydrogen-bond acceptors (Lipinski definition) is 3. The van der Waals surface area contributed by atoms with Crippen LogP contribution in [0.1, 0.15) is 11.1 Å². The smallest absolute Gasteiger partial charge is 0.0991 e. The summed E-state index contributed by atoms with van der Waals surface area (Å²) in [5.74, 6) is 0. The van der Waals surface area contributed by atoms with Crippen LogP contribution >= 0.6 is 0 Å². The van der Waals surface area contributed by atoms with Crippen LogP contribution in [0, 0.1) is 18.3 Å². The van der Waals surface area contributed by atoms with Crippen LogP contribution in [0.25, 0.3) is 0 Å². The highest BCUT2D eigenvalue weighted by molar-refractivity contribution is 5.65. The lowest BCUT2D eigenvalue weighted by atomic mass is 10.2. The maximum atomic E-state index is 8.76. The van der Waals surface area contributed by atoms with Crippen LogP contribution in [-0.4, -0.2) is 12.0 Å². The number of benzene rings is 1. The van der Waals surface area contributed by atoms with Gasteiger partial charge in [0.15, 0.2) is 0 Å². The maximum Gasteiger partial charge on any atom is 0.0991 e. The normalized spacial score (nSPS) is 9.71. The number of aryl methyl sites for hydroxylation is 1. The van der Waals surface area contributed by atoms with Crippen LogP contribution in [0.2, 0.25) is 0 Å². The van der Waals surface area contributed by atoms with Gasteiger partial charge in [-0.05, 0) is 42.8 Å². The van der Waals surface area contributed by atoms with E-state index in [4.69, 9.17) is 5.26 Å². The molecule has 0 aliphatic heterocycles. The van der Waals surface area contributed by atoms with Gasteiger partial charge in [-0.25, -0.2) is 0 Å². The number of anilines is 2. The number of nitriles is 1. The Kier molecular flexibility index (Phi) is 3.06. The molecule has 0 aliphatic carbocycles. The number of pyridine rings is 1. The van der Waals surface area contributed by atoms with E-state index in [2.05, 4.69) is 16.0 Å². The minimum atomic E-state index is 0.675. The van der Waals surface area contributed by atoms with E-state index in [1.807, 2.05) is 50.5 Å². The van der Waals surface area contributed by atoms with E-state index in [0.717, 1.165) is 16.9 Å². The van der Waals surface area contributed by atoms with E-state index >= 15 is 0 Å². The quantitative estimate of drug-likeness (QED) is 0.785. The highest BCUT2D eigenvalue weighted by atomic mass is 15.1. The molecule has 0 unspecified atom stereocenters. The first-order valence-corrected chi connectivity index (χ1v) is 5.37. The lowest BCUT2D eigenvalue weighted by Crippen LogP contribution is -2.10. The molecule has 17 heavy (non-hydrogen) atoms. The van der Waals surface area contributed by atoms with Crippen molar-refractivity contribution in [2.45, 2.75) is 6.92 Å². The summed E-state index contributed by atoms with van der Waals surface area (Å²) < 4.78 is 0. The Morgan fingerprint density at radius 2 is 1.88 bits per heavy atom. The Bertz CT molecular complexity index is 552. The molecular weight excluding hydrogens is 210 g/mol. The average molecular weight is 223 g/mol. The van der Waals surface area contributed by atoms with Crippen LogP contribution in [0.4, 0.5) is 11.4 Å². The zero-order valence-electron chi connectivity index (χ0n) is 9.88. The molecule has 3 nitrogen and oxygen atoms in total. The molecule has 0 N–H and O–H groups in total. The molecule has 0 saturated carbocycles. The van der Waals surface area contributed by atoms with E-state index in [1.54, 1.807) is 6.20 Å². The molecule has 3 heteroatoms. The molecule has 1 aromatic carbocycles. The Morgan fingerprint density at radius 1 is 1.18 bits per heavy atom. The van der Waals surface area contributed by atoms with Gasteiger partial charge in [0.05, 0.1) is 11.6 Å². The zero-order chi connectivity index (χ0) is 12.3. The molecule has 0 atom stereocenters. The van der Waals surface area contributed by atoms with Gasteiger partial charge in [-0.1, -0.05) is 0 Å². The molecule has 0 spiro atoms. The van der Waals surface area contributed by atoms with Crippen molar-refractivity contribution in [3.8, 4) is 6.07 Å². The molecule has 1 heterocycles. The topological polar surface area (TPSA) is 39.9 Å². The SMILES string of the molecule is Cc1cnccc1N(C)c1ccc(C#N)cc1. The molecule has 0 radical (unpaired) electrons. The van der Waals surface area contributed by atoms with Crippen molar-refractivity contribution in [2.75, 3.05) is 11.9 Å². The molecule has 0 bridgehead atoms. The number of hydrogen-bond donors (Lipinski definition) is 0. The Hall–Kier alpha value is -2.34. The van der Waals surface area contributed by atoms with Gasteiger partial charge < -0.3 is 4.90 Å². The molecule has 0 saturated heterocycles. The van der Waals surface area contributed by atoms with Crippen LogP contribution in [0.15, 0.2) is 42.7 Å². The van der Waals surface area contributed by atoms with Crippen molar-refractivity contribution in [1.29, 1.82) is 5.26 Å². The van der Waals surface area contributed by atoms with Crippen molar-refractivity contribution in [3.63, 3.8) is 0 Å². The first kappa shape index (κ1) is 11.2. The Balaban J connectivity index is 2.34. The van der Waals surface area contributed by atoms with E-state index in [1.165, 1.54) is 0 Å². The number of rotatable bonds is 2. The maximum absolute atomic E-state index is 8.76. The summed E-state index contributed by atoms with van der Waals surface area (Å²) in [6.07, 6.45) is 3.62. The predicted octanol–water partition coefficient (Wildman–Crippen LogP) is 3.03. The fourth-order valence-electron chi connectivity index (χ4n) is 1.74. The number of nitrogens with zero attached hydrogens (tertiary/aromatic N) is 3. The summed E-state index contributed by atoms with van der Waals surface area (Å²) in [6.45, 7) is 2.03. The molecule has 84 valence electrons. The molecule has 0 amide bonds. The van der Waals surface area contributed by atoms with Crippen molar-refractivity contribution in [2.24, 2.45) is 0 Å². The highest BCUT2D eigenvalue weighted by Crippen LogP contribution is 2.25. The van der Waals surface area contributed by atoms with Crippen LogP contribution in [0.3, 0.4) is 0 Å². The lowest BCUT2D eigenvalue weighted by molar-refractivity contribution is 1.15. The Morgan fingerprint density at radius 3 is 2.47 bits per heavy atom. The van der Waals surface area contributed by atoms with Gasteiger partial charge in [-0.2, -0.15) is 5.26 Å². The zero-order valence-corrected chi connectivity index (χ0v) is 9.88. The van der Waals surface area contributed by atoms with Crippen LogP contribution in [-0.2, 0) is 0 Å². The standard InChI is InChI=1S/C14H13N3/c1-11-10-16-8-7-14(11)17(2)13-5-3-12(9-15)4-6-13/h3-8,10H,1-2H3. The van der Waals surface area contributed by atoms with E-state index in [-0.39, 0.29) is 0 Å². The molecule has 2 rings (SSSR count).